The van der Waals surface area contributed by atoms with Crippen molar-refractivity contribution in [1.82, 2.24) is 15.2 Å². The van der Waals surface area contributed by atoms with Gasteiger partial charge < -0.3 is 16.2 Å². The van der Waals surface area contributed by atoms with E-state index in [2.05, 4.69) is 10.3 Å². The number of hydrogen-bond acceptors (Lipinski definition) is 8. The van der Waals surface area contributed by atoms with Gasteiger partial charge in [-0.3, -0.25) is 14.5 Å². The second kappa shape index (κ2) is 8.93. The zero-order valence-corrected chi connectivity index (χ0v) is 19.0. The number of carbonyl (C=O) groups excluding carboxylic acids is 2. The molecule has 3 heterocycles. The van der Waals surface area contributed by atoms with E-state index in [1.807, 2.05) is 12.3 Å². The summed E-state index contributed by atoms with van der Waals surface area (Å²) in [4.78, 5) is 42.8. The summed E-state index contributed by atoms with van der Waals surface area (Å²) in [5.74, 6) is -0.936. The minimum Gasteiger partial charge on any atom is -0.477 e. The number of carbonyl (C=O) groups is 3. The molecule has 0 aliphatic carbocycles. The maximum absolute atomic E-state index is 12.7. The average molecular weight is 477 g/mol. The summed E-state index contributed by atoms with van der Waals surface area (Å²) in [6, 6.07) is 6.31. The summed E-state index contributed by atoms with van der Waals surface area (Å²) in [6.45, 7) is 1.91. The smallest absolute Gasteiger partial charge is 0.352 e. The van der Waals surface area contributed by atoms with Crippen molar-refractivity contribution in [2.24, 2.45) is 0 Å². The lowest BCUT2D eigenvalue weighted by Gasteiger charge is -2.49. The molecule has 0 bridgehead atoms. The van der Waals surface area contributed by atoms with Gasteiger partial charge in [0.25, 0.3) is 5.91 Å². The van der Waals surface area contributed by atoms with Crippen molar-refractivity contribution in [2.75, 3.05) is 17.2 Å². The van der Waals surface area contributed by atoms with Crippen molar-refractivity contribution in [3.63, 3.8) is 0 Å². The van der Waals surface area contributed by atoms with E-state index >= 15 is 0 Å². The van der Waals surface area contributed by atoms with E-state index in [-0.39, 0.29) is 18.0 Å². The van der Waals surface area contributed by atoms with Crippen LogP contribution >= 0.6 is 34.9 Å². The fraction of sp³-hybridized carbons (Fsp3) is 0.300. The molecule has 0 saturated carbocycles. The number of nitrogens with one attached hydrogen (secondary N) is 1. The first kappa shape index (κ1) is 21.7. The number of hydrogen-bond donors (Lipinski definition) is 3. The van der Waals surface area contributed by atoms with E-state index in [1.54, 1.807) is 24.3 Å². The van der Waals surface area contributed by atoms with Crippen LogP contribution in [0, 0.1) is 6.92 Å². The van der Waals surface area contributed by atoms with Gasteiger partial charge in [-0.15, -0.1) is 23.1 Å². The predicted molar refractivity (Wildman–Crippen MR) is 122 cm³/mol. The lowest BCUT2D eigenvalue weighted by Crippen LogP contribution is -2.70. The Morgan fingerprint density at radius 1 is 1.39 bits per heavy atom. The van der Waals surface area contributed by atoms with Gasteiger partial charge in [0, 0.05) is 28.3 Å². The summed E-state index contributed by atoms with van der Waals surface area (Å²) in [5.41, 5.74) is 8.70. The first-order chi connectivity index (χ1) is 14.8. The number of benzene rings is 1. The Kier molecular flexibility index (Phi) is 6.26. The van der Waals surface area contributed by atoms with Gasteiger partial charge in [-0.2, -0.15) is 0 Å². The van der Waals surface area contributed by atoms with Gasteiger partial charge in [0.1, 0.15) is 21.5 Å². The van der Waals surface area contributed by atoms with Crippen LogP contribution in [0.1, 0.15) is 11.3 Å². The van der Waals surface area contributed by atoms with Crippen LogP contribution in [-0.2, 0) is 20.8 Å². The second-order valence-corrected chi connectivity index (χ2v) is 10.3. The van der Waals surface area contributed by atoms with Crippen molar-refractivity contribution >= 4 is 58.3 Å². The Morgan fingerprint density at radius 3 is 2.84 bits per heavy atom. The maximum Gasteiger partial charge on any atom is 0.352 e. The molecule has 1 aromatic carbocycles. The third-order valence-corrected chi connectivity index (χ3v) is 8.51. The molecule has 1 fully saturated rings. The number of thiazole rings is 1. The Morgan fingerprint density at radius 2 is 2.16 bits per heavy atom. The maximum atomic E-state index is 12.7. The van der Waals surface area contributed by atoms with Crippen molar-refractivity contribution < 1.29 is 19.5 Å². The van der Waals surface area contributed by atoms with Gasteiger partial charge in [-0.1, -0.05) is 30.0 Å². The number of anilines is 1. The Hall–Kier alpha value is -2.50. The molecule has 2 aromatic rings. The third-order valence-electron chi connectivity index (χ3n) is 4.94. The number of β-lactam (4-membered cyclic amide) rings is 1. The molecule has 2 aliphatic rings. The summed E-state index contributed by atoms with van der Waals surface area (Å²) >= 11 is 4.44. The zero-order valence-electron chi connectivity index (χ0n) is 16.5. The number of nitrogens with zero attached hydrogens (tertiary/aromatic N) is 2. The minimum absolute atomic E-state index is 0.0207. The molecule has 1 unspecified atom stereocenters. The van der Waals surface area contributed by atoms with Crippen LogP contribution in [0.2, 0.25) is 0 Å². The number of rotatable bonds is 7. The van der Waals surface area contributed by atoms with Crippen LogP contribution in [0.3, 0.4) is 0 Å². The van der Waals surface area contributed by atoms with E-state index < -0.39 is 23.3 Å². The van der Waals surface area contributed by atoms with Crippen molar-refractivity contribution in [1.29, 1.82) is 0 Å². The lowest BCUT2D eigenvalue weighted by atomic mass is 10.0. The number of fused-ring (bicyclic) bond motifs is 1. The zero-order chi connectivity index (χ0) is 22.1. The fourth-order valence-electron chi connectivity index (χ4n) is 3.43. The molecule has 2 atom stereocenters. The summed E-state index contributed by atoms with van der Waals surface area (Å²) < 4.78 is 0.863. The summed E-state index contributed by atoms with van der Waals surface area (Å²) in [6.07, 6.45) is 0.0601. The Bertz CT molecular complexity index is 1080. The van der Waals surface area contributed by atoms with Crippen LogP contribution in [0.5, 0.6) is 0 Å². The lowest BCUT2D eigenvalue weighted by molar-refractivity contribution is -0.150. The van der Waals surface area contributed by atoms with E-state index in [0.717, 1.165) is 10.0 Å². The van der Waals surface area contributed by atoms with Gasteiger partial charge in [0.15, 0.2) is 0 Å². The van der Waals surface area contributed by atoms with Crippen LogP contribution in [0.4, 0.5) is 5.69 Å². The normalized spacial score (nSPS) is 20.3. The highest BCUT2D eigenvalue weighted by Gasteiger charge is 2.54. The molecule has 162 valence electrons. The monoisotopic (exact) mass is 476 g/mol. The summed E-state index contributed by atoms with van der Waals surface area (Å²) in [7, 11) is 0. The van der Waals surface area contributed by atoms with Crippen molar-refractivity contribution in [2.45, 2.75) is 29.1 Å². The largest absolute Gasteiger partial charge is 0.477 e. The van der Waals surface area contributed by atoms with Gasteiger partial charge >= 0.3 is 5.97 Å². The standard InChI is InChI=1S/C20H20N4O4S3/c1-10-7-30-20(22-10)31-9-12-8-29-18-15(17(26)24(18)16(12)19(27)28)23-14(25)6-11-4-2-3-5-13(11)21/h2-5,7,15,18H,6,8-9,21H2,1H3,(H,23,25)(H,27,28)/t15?,18-/m1/s1. The highest BCUT2D eigenvalue weighted by molar-refractivity contribution is 8.01. The Labute approximate surface area is 191 Å². The highest BCUT2D eigenvalue weighted by atomic mass is 32.2. The molecular weight excluding hydrogens is 456 g/mol. The van der Waals surface area contributed by atoms with Crippen LogP contribution in [0.25, 0.3) is 0 Å². The number of amides is 2. The van der Waals surface area contributed by atoms with Crippen LogP contribution in [0.15, 0.2) is 45.3 Å². The molecule has 2 amide bonds. The molecular formula is C20H20N4O4S3. The van der Waals surface area contributed by atoms with Crippen molar-refractivity contribution in [3.05, 3.63) is 52.2 Å². The molecule has 0 radical (unpaired) electrons. The average Bonchev–Trinajstić information content (AvgIpc) is 3.16. The molecule has 2 aliphatic heterocycles. The first-order valence-corrected chi connectivity index (χ1v) is 12.3. The Balaban J connectivity index is 1.43. The number of carboxylic acids is 1. The molecule has 31 heavy (non-hydrogen) atoms. The van der Waals surface area contributed by atoms with E-state index in [1.165, 1.54) is 39.8 Å². The van der Waals surface area contributed by atoms with Gasteiger partial charge in [-0.05, 0) is 24.1 Å². The number of aliphatic carboxylic acids is 1. The predicted octanol–water partition coefficient (Wildman–Crippen LogP) is 2.11. The van der Waals surface area contributed by atoms with E-state index in [9.17, 15) is 19.5 Å². The number of carboxylic acid groups (broad SMARTS) is 1. The van der Waals surface area contributed by atoms with Crippen molar-refractivity contribution in [3.8, 4) is 0 Å². The molecule has 1 saturated heterocycles. The number of para-hydroxylation sites is 1. The highest BCUT2D eigenvalue weighted by Crippen LogP contribution is 2.41. The quantitative estimate of drug-likeness (QED) is 0.315. The van der Waals surface area contributed by atoms with E-state index in [4.69, 9.17) is 5.73 Å². The molecule has 11 heteroatoms. The van der Waals surface area contributed by atoms with E-state index in [0.29, 0.717) is 28.3 Å². The van der Waals surface area contributed by atoms with Gasteiger partial charge in [-0.25, -0.2) is 9.78 Å². The number of aromatic nitrogens is 1. The number of nitrogen functional groups attached to an aromatic ring is 1. The summed E-state index contributed by atoms with van der Waals surface area (Å²) in [5, 5.41) is 14.0. The topological polar surface area (TPSA) is 126 Å². The number of aryl methyl sites for hydroxylation is 1. The van der Waals surface area contributed by atoms with Gasteiger partial charge in [0.2, 0.25) is 5.91 Å². The van der Waals surface area contributed by atoms with Crippen LogP contribution in [-0.4, -0.2) is 55.7 Å². The molecule has 4 N–H and O–H groups in total. The molecule has 1 aromatic heterocycles. The van der Waals surface area contributed by atoms with Crippen LogP contribution < -0.4 is 11.1 Å². The molecule has 0 spiro atoms. The number of thioether (sulfide) groups is 2. The first-order valence-electron chi connectivity index (χ1n) is 9.43. The van der Waals surface area contributed by atoms with Gasteiger partial charge in [0.05, 0.1) is 6.42 Å². The SMILES string of the molecule is Cc1csc(SCC2=C(C(=O)O)N3C(=O)C(NC(=O)Cc4ccccc4N)[C@H]3SC2)n1. The molecule has 4 rings (SSSR count). The fourth-order valence-corrected chi connectivity index (χ4v) is 6.77. The second-order valence-electron chi connectivity index (χ2n) is 7.13. The molecule has 8 nitrogen and oxygen atoms in total. The number of nitrogens with two attached hydrogens (primary N) is 1. The minimum atomic E-state index is -1.13. The third kappa shape index (κ3) is 4.43.